The fourth-order valence-electron chi connectivity index (χ4n) is 3.36. The summed E-state index contributed by atoms with van der Waals surface area (Å²) in [5.41, 5.74) is 0.465. The molecular weight excluding hydrogens is 444 g/mol. The molecular formula is C20H25ClN4O5S. The van der Waals surface area contributed by atoms with E-state index < -0.39 is 20.6 Å². The van der Waals surface area contributed by atoms with Crippen LogP contribution in [0.1, 0.15) is 31.9 Å². The summed E-state index contributed by atoms with van der Waals surface area (Å²) in [4.78, 5) is 25.0. The first-order valence-corrected chi connectivity index (χ1v) is 11.8. The third-order valence-electron chi connectivity index (χ3n) is 5.23. The largest absolute Gasteiger partial charge is 0.353 e. The van der Waals surface area contributed by atoms with Gasteiger partial charge in [0.05, 0.1) is 22.9 Å². The Hall–Kier alpha value is -2.43. The summed E-state index contributed by atoms with van der Waals surface area (Å²) in [6.45, 7) is 2.00. The molecule has 1 fully saturated rings. The second kappa shape index (κ2) is 9.37. The highest BCUT2D eigenvalue weighted by molar-refractivity contribution is 7.89. The standard InChI is InChI=1S/C20H25ClN4O5S/c1-3-10-23(31(29,30)17-8-9-18(21)19(12-17)25(27)28)14-20(26)24(15-6-7-15)13-16-5-4-11-22(16)2/h4-5,8-9,11-12,15H,3,6-7,10,13-14H2,1-2H3. The van der Waals surface area contributed by atoms with Crippen LogP contribution in [0.15, 0.2) is 41.4 Å². The van der Waals surface area contributed by atoms with Crippen molar-refractivity contribution in [3.63, 3.8) is 0 Å². The molecule has 168 valence electrons. The molecule has 0 aliphatic heterocycles. The van der Waals surface area contributed by atoms with E-state index in [0.717, 1.165) is 28.9 Å². The summed E-state index contributed by atoms with van der Waals surface area (Å²) in [7, 11) is -2.23. The van der Waals surface area contributed by atoms with Gasteiger partial charge >= 0.3 is 0 Å². The Morgan fingerprint density at radius 1 is 1.32 bits per heavy atom. The first-order valence-electron chi connectivity index (χ1n) is 9.99. The summed E-state index contributed by atoms with van der Waals surface area (Å²) in [5.74, 6) is -0.288. The summed E-state index contributed by atoms with van der Waals surface area (Å²) in [6.07, 6.45) is 4.16. The third-order valence-corrected chi connectivity index (χ3v) is 7.39. The number of rotatable bonds is 10. The first kappa shape index (κ1) is 23.2. The maximum atomic E-state index is 13.2. The average molecular weight is 469 g/mol. The normalized spacial score (nSPS) is 14.1. The van der Waals surface area contributed by atoms with Crippen molar-refractivity contribution in [2.45, 2.75) is 43.7 Å². The molecule has 3 rings (SSSR count). The molecule has 1 aromatic heterocycles. The predicted octanol–water partition coefficient (Wildman–Crippen LogP) is 3.18. The smallest absolute Gasteiger partial charge is 0.289 e. The number of benzene rings is 1. The van der Waals surface area contributed by atoms with E-state index in [2.05, 4.69) is 0 Å². The fraction of sp³-hybridized carbons (Fsp3) is 0.450. The van der Waals surface area contributed by atoms with E-state index in [-0.39, 0.29) is 35.0 Å². The van der Waals surface area contributed by atoms with Gasteiger partial charge in [-0.2, -0.15) is 4.31 Å². The van der Waals surface area contributed by atoms with Crippen LogP contribution < -0.4 is 0 Å². The fourth-order valence-corrected chi connectivity index (χ4v) is 5.05. The van der Waals surface area contributed by atoms with Gasteiger partial charge in [0.1, 0.15) is 5.02 Å². The van der Waals surface area contributed by atoms with Crippen LogP contribution in [0, 0.1) is 10.1 Å². The molecule has 0 saturated heterocycles. The minimum absolute atomic E-state index is 0.102. The Labute approximate surface area is 186 Å². The van der Waals surface area contributed by atoms with Crippen LogP contribution in [-0.4, -0.2) is 52.2 Å². The van der Waals surface area contributed by atoms with E-state index in [0.29, 0.717) is 13.0 Å². The Morgan fingerprint density at radius 2 is 2.03 bits per heavy atom. The number of hydrogen-bond acceptors (Lipinski definition) is 5. The van der Waals surface area contributed by atoms with Crippen LogP contribution in [0.3, 0.4) is 0 Å². The molecule has 9 nitrogen and oxygen atoms in total. The number of sulfonamides is 1. The topological polar surface area (TPSA) is 106 Å². The summed E-state index contributed by atoms with van der Waals surface area (Å²) < 4.78 is 29.4. The average Bonchev–Trinajstić information content (AvgIpc) is 3.47. The van der Waals surface area contributed by atoms with E-state index in [9.17, 15) is 23.3 Å². The number of amides is 1. The number of aromatic nitrogens is 1. The number of nitrogens with zero attached hydrogens (tertiary/aromatic N) is 4. The van der Waals surface area contributed by atoms with Crippen LogP contribution in [-0.2, 0) is 28.4 Å². The highest BCUT2D eigenvalue weighted by Gasteiger charge is 2.36. The minimum Gasteiger partial charge on any atom is -0.353 e. The Morgan fingerprint density at radius 3 is 2.58 bits per heavy atom. The lowest BCUT2D eigenvalue weighted by molar-refractivity contribution is -0.384. The van der Waals surface area contributed by atoms with Crippen LogP contribution in [0.2, 0.25) is 5.02 Å². The van der Waals surface area contributed by atoms with Crippen molar-refractivity contribution in [1.29, 1.82) is 0 Å². The van der Waals surface area contributed by atoms with Gasteiger partial charge in [-0.3, -0.25) is 14.9 Å². The lowest BCUT2D eigenvalue weighted by atomic mass is 10.3. The van der Waals surface area contributed by atoms with Crippen LogP contribution in [0.5, 0.6) is 0 Å². The van der Waals surface area contributed by atoms with Gasteiger partial charge in [0.15, 0.2) is 0 Å². The van der Waals surface area contributed by atoms with Crippen molar-refractivity contribution >= 4 is 33.2 Å². The zero-order valence-electron chi connectivity index (χ0n) is 17.4. The first-order chi connectivity index (χ1) is 14.6. The van der Waals surface area contributed by atoms with Crippen LogP contribution in [0.4, 0.5) is 5.69 Å². The molecule has 0 radical (unpaired) electrons. The number of carbonyl (C=O) groups excluding carboxylic acids is 1. The molecule has 1 aliphatic rings. The van der Waals surface area contributed by atoms with E-state index in [1.54, 1.807) is 11.8 Å². The second-order valence-electron chi connectivity index (χ2n) is 7.57. The molecule has 1 saturated carbocycles. The number of hydrogen-bond donors (Lipinski definition) is 0. The van der Waals surface area contributed by atoms with Crippen molar-refractivity contribution in [2.24, 2.45) is 7.05 Å². The summed E-state index contributed by atoms with van der Waals surface area (Å²) >= 11 is 5.82. The van der Waals surface area contributed by atoms with Gasteiger partial charge in [-0.15, -0.1) is 0 Å². The monoisotopic (exact) mass is 468 g/mol. The molecule has 1 heterocycles. The number of nitro benzene ring substituents is 1. The SMILES string of the molecule is CCCN(CC(=O)N(Cc1cccn1C)C1CC1)S(=O)(=O)c1ccc(Cl)c([N+](=O)[O-])c1. The molecule has 1 aromatic carbocycles. The van der Waals surface area contributed by atoms with Gasteiger partial charge in [0.2, 0.25) is 15.9 Å². The van der Waals surface area contributed by atoms with Crippen molar-refractivity contribution < 1.29 is 18.1 Å². The molecule has 0 N–H and O–H groups in total. The van der Waals surface area contributed by atoms with Gasteiger partial charge in [-0.05, 0) is 43.5 Å². The number of halogens is 1. The Bertz CT molecular complexity index is 1080. The number of nitro groups is 1. The van der Waals surface area contributed by atoms with Crippen molar-refractivity contribution in [1.82, 2.24) is 13.8 Å². The maximum Gasteiger partial charge on any atom is 0.289 e. The lowest BCUT2D eigenvalue weighted by Gasteiger charge is -2.27. The highest BCUT2D eigenvalue weighted by atomic mass is 35.5. The zero-order valence-corrected chi connectivity index (χ0v) is 19.0. The third kappa shape index (κ3) is 5.25. The number of aryl methyl sites for hydroxylation is 1. The zero-order chi connectivity index (χ0) is 22.8. The van der Waals surface area contributed by atoms with E-state index in [1.807, 2.05) is 29.9 Å². The van der Waals surface area contributed by atoms with Gasteiger partial charge in [-0.1, -0.05) is 18.5 Å². The molecule has 1 amide bonds. The van der Waals surface area contributed by atoms with Gasteiger partial charge in [0, 0.05) is 37.6 Å². The van der Waals surface area contributed by atoms with E-state index in [1.165, 1.54) is 12.1 Å². The lowest BCUT2D eigenvalue weighted by Crippen LogP contribution is -2.44. The second-order valence-corrected chi connectivity index (χ2v) is 9.92. The van der Waals surface area contributed by atoms with Crippen molar-refractivity contribution in [2.75, 3.05) is 13.1 Å². The highest BCUT2D eigenvalue weighted by Crippen LogP contribution is 2.31. The van der Waals surface area contributed by atoms with Crippen molar-refractivity contribution in [3.05, 3.63) is 57.4 Å². The van der Waals surface area contributed by atoms with E-state index in [4.69, 9.17) is 11.6 Å². The maximum absolute atomic E-state index is 13.2. The molecule has 0 spiro atoms. The van der Waals surface area contributed by atoms with Gasteiger partial charge in [-0.25, -0.2) is 8.42 Å². The predicted molar refractivity (Wildman–Crippen MR) is 116 cm³/mol. The molecule has 31 heavy (non-hydrogen) atoms. The minimum atomic E-state index is -4.12. The number of carbonyl (C=O) groups is 1. The van der Waals surface area contributed by atoms with Crippen LogP contribution in [0.25, 0.3) is 0 Å². The molecule has 0 atom stereocenters. The van der Waals surface area contributed by atoms with Gasteiger partial charge in [0.25, 0.3) is 5.69 Å². The Kier molecular flexibility index (Phi) is 7.03. The summed E-state index contributed by atoms with van der Waals surface area (Å²) in [5, 5.41) is 11.0. The van der Waals surface area contributed by atoms with Crippen molar-refractivity contribution in [3.8, 4) is 0 Å². The molecule has 11 heteroatoms. The quantitative estimate of drug-likeness (QED) is 0.393. The van der Waals surface area contributed by atoms with E-state index >= 15 is 0 Å². The van der Waals surface area contributed by atoms with Crippen LogP contribution >= 0.6 is 11.6 Å². The van der Waals surface area contributed by atoms with Gasteiger partial charge < -0.3 is 9.47 Å². The molecule has 0 bridgehead atoms. The molecule has 2 aromatic rings. The Balaban J connectivity index is 1.85. The molecule has 0 unspecified atom stereocenters. The summed E-state index contributed by atoms with van der Waals surface area (Å²) in [6, 6.07) is 7.27. The molecule has 1 aliphatic carbocycles.